The SMILES string of the molecule is C.C.CC#N.CC(C)(C)O.CC(C)(C)OOC(C)(C)C.CO.[C-]#[N+]CCO. The molecule has 0 aliphatic heterocycles. The Labute approximate surface area is 169 Å². The Kier molecular flexibility index (Phi) is 44.9. The number of hydrogen-bond acceptors (Lipinski definition) is 6. The Morgan fingerprint density at radius 1 is 0.889 bits per heavy atom. The van der Waals surface area contributed by atoms with Crippen LogP contribution in [0.2, 0.25) is 0 Å². The van der Waals surface area contributed by atoms with Crippen molar-refractivity contribution in [3.8, 4) is 6.07 Å². The topological polar surface area (TPSA) is 107 Å². The van der Waals surface area contributed by atoms with Gasteiger partial charge in [0.05, 0.1) is 22.9 Å². The molecule has 0 bridgehead atoms. The molecule has 7 nitrogen and oxygen atoms in total. The van der Waals surface area contributed by atoms with E-state index >= 15 is 0 Å². The lowest BCUT2D eigenvalue weighted by Gasteiger charge is -2.24. The Bertz CT molecular complexity index is 307. The number of nitrogens with zero attached hydrogens (tertiary/aromatic N) is 2. The maximum atomic E-state index is 8.52. The molecule has 0 aromatic heterocycles. The minimum absolute atomic E-state index is 0. The van der Waals surface area contributed by atoms with Gasteiger partial charge in [0.15, 0.2) is 0 Å². The van der Waals surface area contributed by atoms with Crippen LogP contribution in [0, 0.1) is 17.9 Å². The van der Waals surface area contributed by atoms with E-state index in [1.54, 1.807) is 26.8 Å². The molecule has 0 amide bonds. The molecular weight excluding hydrogens is 348 g/mol. The van der Waals surface area contributed by atoms with Gasteiger partial charge in [0, 0.05) is 14.0 Å². The minimum Gasteiger partial charge on any atom is -0.400 e. The third kappa shape index (κ3) is 212. The molecule has 27 heavy (non-hydrogen) atoms. The van der Waals surface area contributed by atoms with Gasteiger partial charge in [-0.25, -0.2) is 16.3 Å². The van der Waals surface area contributed by atoms with Crippen LogP contribution >= 0.6 is 0 Å². The summed E-state index contributed by atoms with van der Waals surface area (Å²) in [7, 11) is 1.00. The molecule has 0 radical (unpaired) electrons. The van der Waals surface area contributed by atoms with Gasteiger partial charge in [0.2, 0.25) is 6.54 Å². The molecule has 0 fully saturated rings. The largest absolute Gasteiger partial charge is 0.400 e. The van der Waals surface area contributed by atoms with Crippen LogP contribution in [0.15, 0.2) is 0 Å². The maximum absolute atomic E-state index is 8.52. The van der Waals surface area contributed by atoms with Crippen LogP contribution in [-0.2, 0) is 9.78 Å². The predicted molar refractivity (Wildman–Crippen MR) is 115 cm³/mol. The summed E-state index contributed by atoms with van der Waals surface area (Å²) in [5.74, 6) is 0. The smallest absolute Gasteiger partial charge is 0.237 e. The summed E-state index contributed by atoms with van der Waals surface area (Å²) in [6.07, 6.45) is 0. The van der Waals surface area contributed by atoms with Crippen LogP contribution in [0.25, 0.3) is 4.85 Å². The summed E-state index contributed by atoms with van der Waals surface area (Å²) in [6, 6.07) is 1.75. The van der Waals surface area contributed by atoms with Gasteiger partial charge in [0.1, 0.15) is 6.61 Å². The molecular formula is C20H48N2O5. The van der Waals surface area contributed by atoms with Crippen molar-refractivity contribution in [2.75, 3.05) is 20.3 Å². The van der Waals surface area contributed by atoms with E-state index in [-0.39, 0.29) is 39.2 Å². The second-order valence-electron chi connectivity index (χ2n) is 7.39. The molecule has 0 saturated carbocycles. The molecule has 0 aliphatic carbocycles. The quantitative estimate of drug-likeness (QED) is 0.357. The highest BCUT2D eigenvalue weighted by Gasteiger charge is 2.18. The predicted octanol–water partition coefficient (Wildman–Crippen LogP) is 4.62. The summed E-state index contributed by atoms with van der Waals surface area (Å²) in [6.45, 7) is 24.7. The molecule has 0 rings (SSSR count). The highest BCUT2D eigenvalue weighted by Crippen LogP contribution is 2.14. The lowest BCUT2D eigenvalue weighted by Crippen LogP contribution is -2.27. The van der Waals surface area contributed by atoms with Crippen LogP contribution in [0.5, 0.6) is 0 Å². The summed E-state index contributed by atoms with van der Waals surface area (Å²) in [5, 5.41) is 30.7. The van der Waals surface area contributed by atoms with Gasteiger partial charge >= 0.3 is 0 Å². The Hall–Kier alpha value is -1.22. The van der Waals surface area contributed by atoms with Crippen molar-refractivity contribution in [1.82, 2.24) is 0 Å². The van der Waals surface area contributed by atoms with Crippen molar-refractivity contribution in [3.05, 3.63) is 11.4 Å². The van der Waals surface area contributed by atoms with E-state index in [0.717, 1.165) is 7.11 Å². The zero-order chi connectivity index (χ0) is 21.7. The first kappa shape index (κ1) is 44.9. The Morgan fingerprint density at radius 3 is 1.11 bits per heavy atom. The average Bonchev–Trinajstić information content (AvgIpc) is 2.38. The van der Waals surface area contributed by atoms with Crippen molar-refractivity contribution < 1.29 is 25.1 Å². The molecule has 168 valence electrons. The third-order valence-electron chi connectivity index (χ3n) is 0.753. The van der Waals surface area contributed by atoms with Gasteiger partial charge in [-0.2, -0.15) is 5.26 Å². The first-order chi connectivity index (χ1) is 11.0. The van der Waals surface area contributed by atoms with Crippen LogP contribution in [0.4, 0.5) is 0 Å². The van der Waals surface area contributed by atoms with E-state index < -0.39 is 5.60 Å². The summed E-state index contributed by atoms with van der Waals surface area (Å²) in [4.78, 5) is 13.0. The van der Waals surface area contributed by atoms with Crippen LogP contribution < -0.4 is 0 Å². The van der Waals surface area contributed by atoms with Crippen molar-refractivity contribution in [2.24, 2.45) is 0 Å². The van der Waals surface area contributed by atoms with Crippen molar-refractivity contribution in [3.63, 3.8) is 0 Å². The van der Waals surface area contributed by atoms with E-state index in [4.69, 9.17) is 36.9 Å². The molecule has 0 heterocycles. The summed E-state index contributed by atoms with van der Waals surface area (Å²) >= 11 is 0. The van der Waals surface area contributed by atoms with Gasteiger partial charge in [-0.3, -0.25) is 0 Å². The van der Waals surface area contributed by atoms with E-state index in [0.29, 0.717) is 0 Å². The number of aliphatic hydroxyl groups is 3. The Balaban J connectivity index is -0.0000000407. The second-order valence-corrected chi connectivity index (χ2v) is 7.39. The van der Waals surface area contributed by atoms with E-state index in [1.807, 2.05) is 41.5 Å². The highest BCUT2D eigenvalue weighted by molar-refractivity contribution is 4.59. The number of nitriles is 1. The second kappa shape index (κ2) is 27.0. The molecule has 0 atom stereocenters. The van der Waals surface area contributed by atoms with Crippen molar-refractivity contribution in [2.45, 2.75) is 101 Å². The van der Waals surface area contributed by atoms with Crippen LogP contribution in [0.1, 0.15) is 84.1 Å². The summed E-state index contributed by atoms with van der Waals surface area (Å²) < 4.78 is 0. The fourth-order valence-electron chi connectivity index (χ4n) is 0.300. The molecule has 0 spiro atoms. The Morgan fingerprint density at radius 2 is 1.07 bits per heavy atom. The molecule has 0 aromatic rings. The van der Waals surface area contributed by atoms with E-state index in [1.165, 1.54) is 6.92 Å². The van der Waals surface area contributed by atoms with Crippen molar-refractivity contribution in [1.29, 1.82) is 5.26 Å². The molecule has 0 aliphatic rings. The monoisotopic (exact) mass is 396 g/mol. The fourth-order valence-corrected chi connectivity index (χ4v) is 0.300. The normalized spacial score (nSPS) is 9.04. The maximum Gasteiger partial charge on any atom is 0.237 e. The fraction of sp³-hybridized carbons (Fsp3) is 0.900. The van der Waals surface area contributed by atoms with Crippen LogP contribution in [-0.4, -0.2) is 52.4 Å². The molecule has 0 unspecified atom stereocenters. The molecule has 0 aromatic carbocycles. The lowest BCUT2D eigenvalue weighted by molar-refractivity contribution is -0.393. The average molecular weight is 397 g/mol. The van der Waals surface area contributed by atoms with Gasteiger partial charge in [0.25, 0.3) is 0 Å². The lowest BCUT2D eigenvalue weighted by atomic mass is 10.2. The number of aliphatic hydroxyl groups excluding tert-OH is 2. The van der Waals surface area contributed by atoms with Gasteiger partial charge in [-0.1, -0.05) is 14.9 Å². The minimum atomic E-state index is -0.500. The number of rotatable bonds is 2. The molecule has 3 N–H and O–H groups in total. The molecule has 0 saturated heterocycles. The first-order valence-corrected chi connectivity index (χ1v) is 7.83. The van der Waals surface area contributed by atoms with E-state index in [9.17, 15) is 0 Å². The third-order valence-corrected chi connectivity index (χ3v) is 0.753. The number of hydrogen-bond donors (Lipinski definition) is 3. The standard InChI is InChI=1S/C8H18O2.C4H10O.C3H5NO.C2H3N.CH4O.2CH4/c1-7(2,3)9-10-8(4,5)6;1-4(2,3)5;1-4-2-3-5;1-2-3;1-2;;/h1-6H3;5H,1-3H3;5H,2-3H2;1H3;2H,1H3;2*1H4. The van der Waals surface area contributed by atoms with Crippen molar-refractivity contribution >= 4 is 0 Å². The first-order valence-electron chi connectivity index (χ1n) is 7.83. The zero-order valence-electron chi connectivity index (χ0n) is 18.0. The molecule has 7 heteroatoms. The van der Waals surface area contributed by atoms with E-state index in [2.05, 4.69) is 4.85 Å². The highest BCUT2D eigenvalue weighted by atomic mass is 17.2. The van der Waals surface area contributed by atoms with Gasteiger partial charge in [-0.05, 0) is 62.3 Å². The van der Waals surface area contributed by atoms with Crippen LogP contribution in [0.3, 0.4) is 0 Å². The summed E-state index contributed by atoms with van der Waals surface area (Å²) in [5.41, 5.74) is -0.930. The van der Waals surface area contributed by atoms with Gasteiger partial charge < -0.3 is 20.2 Å². The van der Waals surface area contributed by atoms with Gasteiger partial charge in [-0.15, -0.1) is 0 Å². The zero-order valence-corrected chi connectivity index (χ0v) is 18.0.